The first-order valence-electron chi connectivity index (χ1n) is 9.24. The lowest BCUT2D eigenvalue weighted by Crippen LogP contribution is -2.32. The van der Waals surface area contributed by atoms with Gasteiger partial charge in [0, 0.05) is 25.9 Å². The van der Waals surface area contributed by atoms with Crippen LogP contribution in [-0.2, 0) is 16.1 Å². The number of rotatable bonds is 10. The van der Waals surface area contributed by atoms with Crippen LogP contribution in [0.25, 0.3) is 6.08 Å². The molecule has 1 amide bonds. The Morgan fingerprint density at radius 3 is 2.64 bits per heavy atom. The summed E-state index contributed by atoms with van der Waals surface area (Å²) in [6, 6.07) is 11.2. The van der Waals surface area contributed by atoms with E-state index in [-0.39, 0.29) is 12.0 Å². The maximum Gasteiger partial charge on any atom is 0.247 e. The molecule has 6 nitrogen and oxygen atoms in total. The molecule has 1 heterocycles. The number of nitrogens with zero attached hydrogens (tertiary/aromatic N) is 2. The zero-order valence-corrected chi connectivity index (χ0v) is 16.9. The Bertz CT molecular complexity index is 775. The Balaban J connectivity index is 2.11. The molecule has 28 heavy (non-hydrogen) atoms. The van der Waals surface area contributed by atoms with Crippen molar-refractivity contribution in [2.75, 3.05) is 27.4 Å². The lowest BCUT2D eigenvalue weighted by Gasteiger charge is -2.20. The molecule has 0 spiro atoms. The summed E-state index contributed by atoms with van der Waals surface area (Å²) in [5.74, 6) is 1.20. The normalized spacial score (nSPS) is 11.0. The van der Waals surface area contributed by atoms with Crippen LogP contribution >= 0.6 is 0 Å². The lowest BCUT2D eigenvalue weighted by molar-refractivity contribution is -0.127. The number of carbonyl (C=O) groups excluding carboxylic acids is 1. The molecule has 1 aromatic heterocycles. The molecule has 0 fully saturated rings. The van der Waals surface area contributed by atoms with E-state index in [9.17, 15) is 4.79 Å². The highest BCUT2D eigenvalue weighted by molar-refractivity contribution is 5.91. The van der Waals surface area contributed by atoms with Crippen molar-refractivity contribution in [2.45, 2.75) is 26.5 Å². The van der Waals surface area contributed by atoms with Crippen molar-refractivity contribution in [3.8, 4) is 11.5 Å². The first-order chi connectivity index (χ1) is 13.5. The van der Waals surface area contributed by atoms with Crippen molar-refractivity contribution in [3.05, 3.63) is 59.9 Å². The minimum absolute atomic E-state index is 0.0535. The van der Waals surface area contributed by atoms with Crippen LogP contribution in [0.5, 0.6) is 11.5 Å². The number of amides is 1. The Labute approximate surface area is 166 Å². The molecule has 2 rings (SSSR count). The van der Waals surface area contributed by atoms with Gasteiger partial charge in [0.25, 0.3) is 0 Å². The molecule has 0 aliphatic rings. The molecule has 0 bridgehead atoms. The van der Waals surface area contributed by atoms with E-state index < -0.39 is 0 Å². The molecule has 2 aromatic rings. The zero-order chi connectivity index (χ0) is 20.4. The highest BCUT2D eigenvalue weighted by atomic mass is 16.5. The van der Waals surface area contributed by atoms with E-state index in [0.29, 0.717) is 31.2 Å². The number of hydrogen-bond acceptors (Lipinski definition) is 5. The molecule has 0 radical (unpaired) electrons. The van der Waals surface area contributed by atoms with Crippen LogP contribution in [-0.4, -0.2) is 49.3 Å². The van der Waals surface area contributed by atoms with Gasteiger partial charge in [0.1, 0.15) is 0 Å². The number of carbonyl (C=O) groups is 1. The number of methoxy groups -OCH3 is 2. The smallest absolute Gasteiger partial charge is 0.247 e. The molecule has 0 saturated heterocycles. The minimum Gasteiger partial charge on any atom is -0.493 e. The van der Waals surface area contributed by atoms with Crippen molar-refractivity contribution >= 4 is 12.0 Å². The molecule has 0 aliphatic carbocycles. The van der Waals surface area contributed by atoms with E-state index in [2.05, 4.69) is 4.98 Å². The SMILES string of the molecule is COCCN(Cc1ccccn1)C(=O)/C=C/c1ccc(OC(C)C)c(OC)c1. The number of benzene rings is 1. The van der Waals surface area contributed by atoms with Crippen LogP contribution in [0.3, 0.4) is 0 Å². The highest BCUT2D eigenvalue weighted by Crippen LogP contribution is 2.29. The van der Waals surface area contributed by atoms with E-state index in [4.69, 9.17) is 14.2 Å². The van der Waals surface area contributed by atoms with Gasteiger partial charge in [-0.15, -0.1) is 0 Å². The van der Waals surface area contributed by atoms with E-state index in [0.717, 1.165) is 11.3 Å². The lowest BCUT2D eigenvalue weighted by atomic mass is 10.2. The summed E-state index contributed by atoms with van der Waals surface area (Å²) in [4.78, 5) is 18.7. The Morgan fingerprint density at radius 2 is 2.00 bits per heavy atom. The second kappa shape index (κ2) is 11.1. The van der Waals surface area contributed by atoms with Crippen molar-refractivity contribution in [3.63, 3.8) is 0 Å². The summed E-state index contributed by atoms with van der Waals surface area (Å²) >= 11 is 0. The van der Waals surface area contributed by atoms with Gasteiger partial charge in [0.15, 0.2) is 11.5 Å². The number of hydrogen-bond donors (Lipinski definition) is 0. The van der Waals surface area contributed by atoms with Gasteiger partial charge in [0.2, 0.25) is 5.91 Å². The summed E-state index contributed by atoms with van der Waals surface area (Å²) in [5, 5.41) is 0. The summed E-state index contributed by atoms with van der Waals surface area (Å²) < 4.78 is 16.2. The van der Waals surface area contributed by atoms with Crippen LogP contribution in [0.4, 0.5) is 0 Å². The Morgan fingerprint density at radius 1 is 1.18 bits per heavy atom. The predicted octanol–water partition coefficient (Wildman–Crippen LogP) is 3.57. The third-order valence-corrected chi connectivity index (χ3v) is 3.92. The van der Waals surface area contributed by atoms with E-state index in [1.165, 1.54) is 0 Å². The molecular weight excluding hydrogens is 356 g/mol. The van der Waals surface area contributed by atoms with Gasteiger partial charge in [-0.1, -0.05) is 12.1 Å². The number of ether oxygens (including phenoxy) is 3. The van der Waals surface area contributed by atoms with Gasteiger partial charge in [-0.3, -0.25) is 9.78 Å². The average Bonchev–Trinajstić information content (AvgIpc) is 2.70. The van der Waals surface area contributed by atoms with Gasteiger partial charge in [-0.2, -0.15) is 0 Å². The van der Waals surface area contributed by atoms with E-state index in [1.54, 1.807) is 37.5 Å². The van der Waals surface area contributed by atoms with Crippen LogP contribution < -0.4 is 9.47 Å². The first kappa shape index (κ1) is 21.4. The van der Waals surface area contributed by atoms with Crippen LogP contribution in [0.2, 0.25) is 0 Å². The molecule has 0 atom stereocenters. The largest absolute Gasteiger partial charge is 0.493 e. The third kappa shape index (κ3) is 6.70. The molecule has 0 saturated carbocycles. The van der Waals surface area contributed by atoms with Crippen molar-refractivity contribution in [1.29, 1.82) is 0 Å². The fourth-order valence-corrected chi connectivity index (χ4v) is 2.57. The van der Waals surface area contributed by atoms with E-state index >= 15 is 0 Å². The summed E-state index contributed by atoms with van der Waals surface area (Å²) in [5.41, 5.74) is 1.68. The van der Waals surface area contributed by atoms with Crippen LogP contribution in [0.1, 0.15) is 25.1 Å². The van der Waals surface area contributed by atoms with Gasteiger partial charge < -0.3 is 19.1 Å². The average molecular weight is 384 g/mol. The Kier molecular flexibility index (Phi) is 8.49. The first-order valence-corrected chi connectivity index (χ1v) is 9.24. The summed E-state index contributed by atoms with van der Waals surface area (Å²) in [6.07, 6.45) is 5.09. The maximum absolute atomic E-state index is 12.7. The number of pyridine rings is 1. The van der Waals surface area contributed by atoms with Crippen molar-refractivity contribution in [1.82, 2.24) is 9.88 Å². The zero-order valence-electron chi connectivity index (χ0n) is 16.9. The maximum atomic E-state index is 12.7. The minimum atomic E-state index is -0.107. The topological polar surface area (TPSA) is 60.9 Å². The monoisotopic (exact) mass is 384 g/mol. The van der Waals surface area contributed by atoms with Crippen molar-refractivity contribution < 1.29 is 19.0 Å². The highest BCUT2D eigenvalue weighted by Gasteiger charge is 2.12. The molecular formula is C22H28N2O4. The second-order valence-electron chi connectivity index (χ2n) is 6.48. The Hall–Kier alpha value is -2.86. The standard InChI is InChI=1S/C22H28N2O4/c1-17(2)28-20-10-8-18(15-21(20)27-4)9-11-22(25)24(13-14-26-3)16-19-7-5-6-12-23-19/h5-12,15,17H,13-14,16H2,1-4H3/b11-9+. The van der Waals surface area contributed by atoms with Crippen molar-refractivity contribution in [2.24, 2.45) is 0 Å². The summed E-state index contributed by atoms with van der Waals surface area (Å²) in [6.45, 7) is 5.30. The van der Waals surface area contributed by atoms with Gasteiger partial charge >= 0.3 is 0 Å². The molecule has 0 N–H and O–H groups in total. The number of aromatic nitrogens is 1. The van der Waals surface area contributed by atoms with Gasteiger partial charge in [0.05, 0.1) is 32.1 Å². The van der Waals surface area contributed by atoms with E-state index in [1.807, 2.05) is 50.2 Å². The third-order valence-electron chi connectivity index (χ3n) is 3.92. The van der Waals surface area contributed by atoms with Crippen LogP contribution in [0, 0.1) is 0 Å². The van der Waals surface area contributed by atoms with Gasteiger partial charge in [-0.25, -0.2) is 0 Å². The molecule has 1 aromatic carbocycles. The molecule has 0 unspecified atom stereocenters. The molecule has 0 aliphatic heterocycles. The molecule has 6 heteroatoms. The fraction of sp³-hybridized carbons (Fsp3) is 0.364. The predicted molar refractivity (Wildman–Crippen MR) is 109 cm³/mol. The second-order valence-corrected chi connectivity index (χ2v) is 6.48. The summed E-state index contributed by atoms with van der Waals surface area (Å²) in [7, 11) is 3.22. The van der Waals surface area contributed by atoms with Crippen LogP contribution in [0.15, 0.2) is 48.7 Å². The van der Waals surface area contributed by atoms with Gasteiger partial charge in [-0.05, 0) is 49.8 Å². The molecule has 150 valence electrons. The fourth-order valence-electron chi connectivity index (χ4n) is 2.57. The quantitative estimate of drug-likeness (QED) is 0.586.